The normalized spacial score (nSPS) is 13.8. The number of pyridine rings is 1. The molecule has 1 rings (SSSR count). The Kier molecular flexibility index (Phi) is 4.91. The fourth-order valence-corrected chi connectivity index (χ4v) is 1.90. The minimum atomic E-state index is -1.06. The summed E-state index contributed by atoms with van der Waals surface area (Å²) in [4.78, 5) is 6.65. The van der Waals surface area contributed by atoms with Crippen LogP contribution in [0.3, 0.4) is 0 Å². The van der Waals surface area contributed by atoms with Crippen LogP contribution in [0.5, 0.6) is 0 Å². The summed E-state index contributed by atoms with van der Waals surface area (Å²) in [6, 6.07) is 1.64. The molecule has 1 heterocycles. The molecule has 0 aliphatic carbocycles. The molecule has 1 aromatic rings. The lowest BCUT2D eigenvalue weighted by Gasteiger charge is -2.21. The third-order valence-electron chi connectivity index (χ3n) is 2.72. The number of aromatic nitrogens is 1. The van der Waals surface area contributed by atoms with Gasteiger partial charge in [-0.1, -0.05) is 5.11 Å². The first-order valence-electron chi connectivity index (χ1n) is 5.58. The third-order valence-corrected chi connectivity index (χ3v) is 2.72. The number of aliphatic hydroxyl groups excluding tert-OH is 2. The van der Waals surface area contributed by atoms with Crippen LogP contribution in [-0.2, 0) is 0 Å². The highest BCUT2D eigenvalue weighted by Gasteiger charge is 2.22. The van der Waals surface area contributed by atoms with Crippen LogP contribution < -0.4 is 5.73 Å². The van der Waals surface area contributed by atoms with E-state index < -0.39 is 12.2 Å². The number of nitrogens with zero attached hydrogens (tertiary/aromatic N) is 4. The molecule has 98 valence electrons. The Morgan fingerprint density at radius 3 is 2.72 bits per heavy atom. The predicted octanol–water partition coefficient (Wildman–Crippen LogP) is 1.38. The van der Waals surface area contributed by atoms with Crippen LogP contribution in [0.1, 0.15) is 29.3 Å². The van der Waals surface area contributed by atoms with Gasteiger partial charge < -0.3 is 15.9 Å². The van der Waals surface area contributed by atoms with Crippen molar-refractivity contribution in [1.29, 1.82) is 0 Å². The summed E-state index contributed by atoms with van der Waals surface area (Å²) < 4.78 is 0. The highest BCUT2D eigenvalue weighted by molar-refractivity contribution is 5.41. The van der Waals surface area contributed by atoms with Crippen LogP contribution >= 0.6 is 0 Å². The molecule has 4 N–H and O–H groups in total. The van der Waals surface area contributed by atoms with Gasteiger partial charge in [0.05, 0.1) is 6.10 Å². The number of hydrogen-bond acceptors (Lipinski definition) is 5. The monoisotopic (exact) mass is 251 g/mol. The Morgan fingerprint density at radius 1 is 1.50 bits per heavy atom. The van der Waals surface area contributed by atoms with Crippen LogP contribution in [0, 0.1) is 13.8 Å². The summed E-state index contributed by atoms with van der Waals surface area (Å²) in [6.07, 6.45) is -1.88. The van der Waals surface area contributed by atoms with Crippen molar-refractivity contribution in [2.24, 2.45) is 5.11 Å². The van der Waals surface area contributed by atoms with Gasteiger partial charge in [0.15, 0.2) is 0 Å². The zero-order valence-corrected chi connectivity index (χ0v) is 10.4. The van der Waals surface area contributed by atoms with Crippen molar-refractivity contribution >= 4 is 5.82 Å². The van der Waals surface area contributed by atoms with Crippen molar-refractivity contribution in [2.75, 3.05) is 12.3 Å². The van der Waals surface area contributed by atoms with Crippen molar-refractivity contribution in [3.8, 4) is 0 Å². The van der Waals surface area contributed by atoms with E-state index in [4.69, 9.17) is 11.3 Å². The first-order chi connectivity index (χ1) is 8.47. The molecular formula is C11H17N5O2. The lowest BCUT2D eigenvalue weighted by Crippen LogP contribution is -2.21. The van der Waals surface area contributed by atoms with E-state index in [-0.39, 0.29) is 13.0 Å². The number of aryl methyl sites for hydroxylation is 2. The van der Waals surface area contributed by atoms with Gasteiger partial charge in [-0.3, -0.25) is 0 Å². The Hall–Kier alpha value is -1.82. The first kappa shape index (κ1) is 14.2. The number of nitrogens with two attached hydrogens (primary N) is 1. The van der Waals surface area contributed by atoms with E-state index in [0.29, 0.717) is 17.1 Å². The maximum atomic E-state index is 10.1. The van der Waals surface area contributed by atoms with Crippen molar-refractivity contribution in [3.63, 3.8) is 0 Å². The maximum absolute atomic E-state index is 10.1. The zero-order valence-electron chi connectivity index (χ0n) is 10.4. The lowest BCUT2D eigenvalue weighted by atomic mass is 9.96. The van der Waals surface area contributed by atoms with Crippen molar-refractivity contribution in [2.45, 2.75) is 32.5 Å². The average molecular weight is 251 g/mol. The molecule has 1 aromatic heterocycles. The number of azide groups is 1. The van der Waals surface area contributed by atoms with E-state index in [1.165, 1.54) is 0 Å². The Bertz CT molecular complexity index is 447. The van der Waals surface area contributed by atoms with E-state index in [1.54, 1.807) is 19.9 Å². The van der Waals surface area contributed by atoms with E-state index in [1.807, 2.05) is 0 Å². The van der Waals surface area contributed by atoms with Gasteiger partial charge in [-0.15, -0.1) is 0 Å². The van der Waals surface area contributed by atoms with Gasteiger partial charge in [0.2, 0.25) is 0 Å². The average Bonchev–Trinajstić information content (AvgIpc) is 2.27. The quantitative estimate of drug-likeness (QED) is 0.414. The zero-order chi connectivity index (χ0) is 13.7. The summed E-state index contributed by atoms with van der Waals surface area (Å²) in [5, 5.41) is 23.2. The molecule has 2 atom stereocenters. The summed E-state index contributed by atoms with van der Waals surface area (Å²) >= 11 is 0. The fourth-order valence-electron chi connectivity index (χ4n) is 1.90. The number of nitrogen functional groups attached to an aromatic ring is 1. The van der Waals surface area contributed by atoms with E-state index >= 15 is 0 Å². The molecule has 0 radical (unpaired) electrons. The Labute approximate surface area is 105 Å². The Balaban J connectivity index is 2.89. The van der Waals surface area contributed by atoms with Gasteiger partial charge >= 0.3 is 0 Å². The smallest absolute Gasteiger partial charge is 0.123 e. The van der Waals surface area contributed by atoms with Crippen LogP contribution in [-0.4, -0.2) is 27.8 Å². The van der Waals surface area contributed by atoms with Crippen LogP contribution in [0.4, 0.5) is 5.82 Å². The fraction of sp³-hybridized carbons (Fsp3) is 0.545. The van der Waals surface area contributed by atoms with Gasteiger partial charge in [0.25, 0.3) is 0 Å². The van der Waals surface area contributed by atoms with E-state index in [0.717, 1.165) is 5.56 Å². The molecular weight excluding hydrogens is 234 g/mol. The Morgan fingerprint density at radius 2 is 2.17 bits per heavy atom. The summed E-state index contributed by atoms with van der Waals surface area (Å²) in [7, 11) is 0. The van der Waals surface area contributed by atoms with Gasteiger partial charge in [-0.2, -0.15) is 0 Å². The summed E-state index contributed by atoms with van der Waals surface area (Å²) in [6.45, 7) is 3.65. The second kappa shape index (κ2) is 6.20. The molecule has 0 aliphatic heterocycles. The first-order valence-corrected chi connectivity index (χ1v) is 5.58. The number of aliphatic hydroxyl groups is 2. The van der Waals surface area contributed by atoms with Crippen LogP contribution in [0.25, 0.3) is 10.4 Å². The highest BCUT2D eigenvalue weighted by Crippen LogP contribution is 2.26. The predicted molar refractivity (Wildman–Crippen MR) is 67.7 cm³/mol. The summed E-state index contributed by atoms with van der Waals surface area (Å²) in [5.41, 5.74) is 15.7. The maximum Gasteiger partial charge on any atom is 0.123 e. The van der Waals surface area contributed by atoms with Crippen molar-refractivity contribution in [1.82, 2.24) is 4.98 Å². The molecule has 0 aromatic carbocycles. The second-order valence-electron chi connectivity index (χ2n) is 4.12. The molecule has 0 bridgehead atoms. The van der Waals surface area contributed by atoms with Gasteiger partial charge in [-0.25, -0.2) is 4.98 Å². The van der Waals surface area contributed by atoms with Gasteiger partial charge in [0, 0.05) is 22.7 Å². The molecule has 7 heteroatoms. The molecule has 0 amide bonds. The standard InChI is InChI=1S/C11H17N5O2/c1-6-5-9(12)15-7(2)10(6)11(18)8(17)3-4-14-16-13/h5,8,11,17-18H,3-4H2,1-2H3,(H2,12,15). The molecule has 0 spiro atoms. The van der Waals surface area contributed by atoms with Crippen LogP contribution in [0.15, 0.2) is 11.2 Å². The largest absolute Gasteiger partial charge is 0.390 e. The minimum absolute atomic E-state index is 0.134. The van der Waals surface area contributed by atoms with Gasteiger partial charge in [0.1, 0.15) is 11.9 Å². The minimum Gasteiger partial charge on any atom is -0.390 e. The highest BCUT2D eigenvalue weighted by atomic mass is 16.3. The third kappa shape index (κ3) is 3.33. The SMILES string of the molecule is Cc1cc(N)nc(C)c1C(O)C(O)CCN=[N+]=[N-]. The van der Waals surface area contributed by atoms with Crippen molar-refractivity contribution in [3.05, 3.63) is 33.3 Å². The molecule has 0 fully saturated rings. The lowest BCUT2D eigenvalue weighted by molar-refractivity contribution is 0.0141. The van der Waals surface area contributed by atoms with E-state index in [9.17, 15) is 10.2 Å². The van der Waals surface area contributed by atoms with Crippen LogP contribution in [0.2, 0.25) is 0 Å². The number of anilines is 1. The molecule has 0 saturated heterocycles. The van der Waals surface area contributed by atoms with E-state index in [2.05, 4.69) is 15.0 Å². The molecule has 7 nitrogen and oxygen atoms in total. The molecule has 2 unspecified atom stereocenters. The summed E-state index contributed by atoms with van der Waals surface area (Å²) in [5.74, 6) is 0.379. The molecule has 18 heavy (non-hydrogen) atoms. The van der Waals surface area contributed by atoms with Crippen molar-refractivity contribution < 1.29 is 10.2 Å². The molecule has 0 aliphatic rings. The number of hydrogen-bond donors (Lipinski definition) is 3. The second-order valence-corrected chi connectivity index (χ2v) is 4.12. The topological polar surface area (TPSA) is 128 Å². The van der Waals surface area contributed by atoms with Gasteiger partial charge in [-0.05, 0) is 37.4 Å². The number of rotatable bonds is 5. The molecule has 0 saturated carbocycles.